The lowest BCUT2D eigenvalue weighted by molar-refractivity contribution is -0.156. The van der Waals surface area contributed by atoms with Crippen LogP contribution < -0.4 is 5.32 Å². The van der Waals surface area contributed by atoms with Gasteiger partial charge in [-0.3, -0.25) is 14.4 Å². The lowest BCUT2D eigenvalue weighted by Gasteiger charge is -2.29. The monoisotopic (exact) mass is 812 g/mol. The summed E-state index contributed by atoms with van der Waals surface area (Å²) >= 11 is 0. The highest BCUT2D eigenvalue weighted by atomic mass is 16.6. The molecule has 58 heavy (non-hydrogen) atoms. The predicted molar refractivity (Wildman–Crippen MR) is 218 cm³/mol. The first-order valence-electron chi connectivity index (χ1n) is 19.9. The molecule has 2 aromatic rings. The van der Waals surface area contributed by atoms with Gasteiger partial charge in [-0.25, -0.2) is 9.59 Å². The van der Waals surface area contributed by atoms with Crippen molar-refractivity contribution < 1.29 is 52.4 Å². The van der Waals surface area contributed by atoms with Crippen LogP contribution in [0.4, 0.5) is 9.59 Å². The number of ether oxygens (including phenoxy) is 6. The number of nitrogens with one attached hydrogen (secondary N) is 1. The number of alkyl carbamates (subject to hydrolysis) is 1. The summed E-state index contributed by atoms with van der Waals surface area (Å²) in [7, 11) is 3.26. The Morgan fingerprint density at radius 2 is 1.10 bits per heavy atom. The zero-order valence-corrected chi connectivity index (χ0v) is 35.6. The summed E-state index contributed by atoms with van der Waals surface area (Å²) in [4.78, 5) is 67.5. The molecular weight excluding hydrogens is 748 g/mol. The Kier molecular flexibility index (Phi) is 19.4. The molecule has 0 aromatic heterocycles. The van der Waals surface area contributed by atoms with Crippen LogP contribution in [0.5, 0.6) is 0 Å². The van der Waals surface area contributed by atoms with Crippen LogP contribution in [0.25, 0.3) is 11.1 Å². The highest BCUT2D eigenvalue weighted by Gasteiger charge is 2.29. The van der Waals surface area contributed by atoms with Gasteiger partial charge in [0.2, 0.25) is 11.8 Å². The van der Waals surface area contributed by atoms with Crippen molar-refractivity contribution in [3.63, 3.8) is 0 Å². The number of hydrogen-bond acceptors (Lipinski definition) is 11. The van der Waals surface area contributed by atoms with Crippen LogP contribution in [0.3, 0.4) is 0 Å². The number of likely N-dealkylation sites (N-methyl/N-ethyl adjacent to an activating group) is 2. The molecule has 0 radical (unpaired) electrons. The van der Waals surface area contributed by atoms with Crippen molar-refractivity contribution in [2.24, 2.45) is 0 Å². The molecule has 0 aliphatic heterocycles. The topological polar surface area (TPSA) is 162 Å². The minimum absolute atomic E-state index is 0.0414. The van der Waals surface area contributed by atoms with Crippen LogP contribution in [-0.2, 0) is 42.8 Å². The molecule has 1 aliphatic rings. The van der Waals surface area contributed by atoms with E-state index in [2.05, 4.69) is 29.6 Å². The molecule has 0 atom stereocenters. The molecule has 3 rings (SSSR count). The van der Waals surface area contributed by atoms with Crippen LogP contribution in [0.1, 0.15) is 77.8 Å². The second-order valence-electron chi connectivity index (χ2n) is 16.0. The highest BCUT2D eigenvalue weighted by Crippen LogP contribution is 2.44. The summed E-state index contributed by atoms with van der Waals surface area (Å²) in [6.07, 6.45) is -0.706. The van der Waals surface area contributed by atoms with Crippen LogP contribution in [-0.4, -0.2) is 149 Å². The molecule has 1 aliphatic carbocycles. The van der Waals surface area contributed by atoms with Crippen LogP contribution >= 0.6 is 0 Å². The molecule has 0 unspecified atom stereocenters. The molecule has 0 saturated heterocycles. The van der Waals surface area contributed by atoms with Crippen LogP contribution in [0.2, 0.25) is 0 Å². The first-order valence-corrected chi connectivity index (χ1v) is 19.9. The van der Waals surface area contributed by atoms with Crippen molar-refractivity contribution in [1.82, 2.24) is 20.0 Å². The Hall–Kier alpha value is -4.73. The smallest absolute Gasteiger partial charge is 0.410 e. The van der Waals surface area contributed by atoms with Crippen molar-refractivity contribution in [1.29, 1.82) is 0 Å². The number of amides is 4. The van der Waals surface area contributed by atoms with Gasteiger partial charge in [-0.05, 0) is 63.8 Å². The fraction of sp³-hybridized carbons (Fsp3) is 0.605. The second-order valence-corrected chi connectivity index (χ2v) is 16.0. The summed E-state index contributed by atoms with van der Waals surface area (Å²) in [5.74, 6) is -0.738. The largest absolute Gasteiger partial charge is 0.460 e. The molecular formula is C43H64N4O11. The van der Waals surface area contributed by atoms with E-state index in [-0.39, 0.29) is 122 Å². The van der Waals surface area contributed by atoms with Gasteiger partial charge >= 0.3 is 18.2 Å². The van der Waals surface area contributed by atoms with Gasteiger partial charge in [0.15, 0.2) is 0 Å². The molecule has 4 amide bonds. The van der Waals surface area contributed by atoms with Gasteiger partial charge in [0, 0.05) is 52.7 Å². The summed E-state index contributed by atoms with van der Waals surface area (Å²) in [6.45, 7) is 13.3. The molecule has 0 fully saturated rings. The van der Waals surface area contributed by atoms with Crippen LogP contribution in [0.15, 0.2) is 48.5 Å². The average Bonchev–Trinajstić information content (AvgIpc) is 3.47. The van der Waals surface area contributed by atoms with Gasteiger partial charge in [0.05, 0.1) is 58.9 Å². The number of carbonyl (C=O) groups excluding carboxylic acids is 5. The lowest BCUT2D eigenvalue weighted by Crippen LogP contribution is -2.44. The van der Waals surface area contributed by atoms with Crippen molar-refractivity contribution in [3.8, 4) is 11.1 Å². The van der Waals surface area contributed by atoms with Gasteiger partial charge < -0.3 is 48.4 Å². The third kappa shape index (κ3) is 17.4. The SMILES string of the molecule is CN(CCN(CCN(C)C(=O)OC(C)(C)C)C(=O)CCOCCNC(=O)OCC1c2ccccc2-c2ccccc21)C(=O)CCOCCOCCC(=O)OC(C)(C)C. The van der Waals surface area contributed by atoms with E-state index in [9.17, 15) is 24.0 Å². The van der Waals surface area contributed by atoms with Gasteiger partial charge in [-0.2, -0.15) is 0 Å². The maximum absolute atomic E-state index is 13.3. The van der Waals surface area contributed by atoms with E-state index in [4.69, 9.17) is 28.4 Å². The van der Waals surface area contributed by atoms with Crippen molar-refractivity contribution in [2.45, 2.75) is 77.9 Å². The molecule has 0 bridgehead atoms. The number of esters is 1. The van der Waals surface area contributed by atoms with E-state index < -0.39 is 23.4 Å². The van der Waals surface area contributed by atoms with E-state index in [1.54, 1.807) is 60.5 Å². The normalized spacial score (nSPS) is 12.3. The second kappa shape index (κ2) is 23.6. The van der Waals surface area contributed by atoms with Gasteiger partial charge in [0.25, 0.3) is 0 Å². The Labute approximate surface area is 343 Å². The lowest BCUT2D eigenvalue weighted by atomic mass is 9.98. The van der Waals surface area contributed by atoms with Crippen molar-refractivity contribution in [3.05, 3.63) is 59.7 Å². The summed E-state index contributed by atoms with van der Waals surface area (Å²) in [5, 5.41) is 2.71. The maximum Gasteiger partial charge on any atom is 0.410 e. The van der Waals surface area contributed by atoms with Crippen molar-refractivity contribution >= 4 is 30.0 Å². The summed E-state index contributed by atoms with van der Waals surface area (Å²) in [5.41, 5.74) is 3.36. The van der Waals surface area contributed by atoms with Gasteiger partial charge in [-0.1, -0.05) is 48.5 Å². The summed E-state index contributed by atoms with van der Waals surface area (Å²) < 4.78 is 32.9. The molecule has 0 heterocycles. The number of hydrogen-bond donors (Lipinski definition) is 1. The zero-order chi connectivity index (χ0) is 42.7. The maximum atomic E-state index is 13.3. The van der Waals surface area contributed by atoms with E-state index in [0.29, 0.717) is 0 Å². The minimum Gasteiger partial charge on any atom is -0.460 e. The number of benzene rings is 2. The molecule has 1 N–H and O–H groups in total. The number of fused-ring (bicyclic) bond motifs is 3. The van der Waals surface area contributed by atoms with E-state index in [1.165, 1.54) is 9.80 Å². The first kappa shape index (κ1) is 47.6. The molecule has 2 aromatic carbocycles. The number of rotatable bonds is 23. The quantitative estimate of drug-likeness (QED) is 0.0888. The van der Waals surface area contributed by atoms with E-state index >= 15 is 0 Å². The molecule has 0 saturated carbocycles. The van der Waals surface area contributed by atoms with Crippen molar-refractivity contribution in [2.75, 3.05) is 93.1 Å². The Morgan fingerprint density at radius 1 is 0.603 bits per heavy atom. The zero-order valence-electron chi connectivity index (χ0n) is 35.6. The standard InChI is InChI=1S/C43H64N4O11/c1-42(2,3)57-39(50)19-27-55-30-29-54-25-17-37(48)45(7)21-23-47(24-22-46(8)41(52)58-43(4,5)6)38(49)18-26-53-28-20-44-40(51)56-31-36-34-15-11-9-13-32(34)33-14-10-12-16-35(33)36/h9-16,36H,17-31H2,1-8H3,(H,44,51). The van der Waals surface area contributed by atoms with Gasteiger partial charge in [0.1, 0.15) is 17.8 Å². The Morgan fingerprint density at radius 3 is 1.67 bits per heavy atom. The van der Waals surface area contributed by atoms with E-state index in [1.807, 2.05) is 24.3 Å². The molecule has 15 nitrogen and oxygen atoms in total. The molecule has 15 heteroatoms. The summed E-state index contributed by atoms with van der Waals surface area (Å²) in [6, 6.07) is 16.3. The van der Waals surface area contributed by atoms with E-state index in [0.717, 1.165) is 22.3 Å². The average molecular weight is 813 g/mol. The molecule has 0 spiro atoms. The molecule has 322 valence electrons. The fourth-order valence-electron chi connectivity index (χ4n) is 5.97. The number of nitrogens with zero attached hydrogens (tertiary/aromatic N) is 3. The number of carbonyl (C=O) groups is 5. The fourth-order valence-corrected chi connectivity index (χ4v) is 5.97. The highest BCUT2D eigenvalue weighted by molar-refractivity contribution is 5.79. The third-order valence-corrected chi connectivity index (χ3v) is 8.92. The Balaban J connectivity index is 1.37. The Bertz CT molecular complexity index is 1590. The van der Waals surface area contributed by atoms with Gasteiger partial charge in [-0.15, -0.1) is 0 Å². The third-order valence-electron chi connectivity index (χ3n) is 8.92. The van der Waals surface area contributed by atoms with Crippen LogP contribution in [0, 0.1) is 0 Å². The first-order chi connectivity index (χ1) is 27.4. The minimum atomic E-state index is -0.667. The predicted octanol–water partition coefficient (Wildman–Crippen LogP) is 5.24.